The number of carbonyl (C=O) groups is 1. The Hall–Kier alpha value is 0.170. The summed E-state index contributed by atoms with van der Waals surface area (Å²) in [5, 5.41) is 2.83. The normalized spacial score (nSPS) is 28.1. The second-order valence-electron chi connectivity index (χ2n) is 4.81. The van der Waals surface area contributed by atoms with Crippen LogP contribution in [-0.4, -0.2) is 28.2 Å². The maximum absolute atomic E-state index is 11.7. The Kier molecular flexibility index (Phi) is 4.84. The van der Waals surface area contributed by atoms with Gasteiger partial charge in [-0.3, -0.25) is 4.79 Å². The molecule has 1 rings (SSSR count). The largest absolute Gasteiger partial charge is 0.354 e. The Morgan fingerprint density at radius 2 is 2.27 bits per heavy atom. The zero-order valence-electron chi connectivity index (χ0n) is 9.75. The van der Waals surface area contributed by atoms with Gasteiger partial charge in [0, 0.05) is 11.3 Å². The lowest BCUT2D eigenvalue weighted by Gasteiger charge is -2.24. The van der Waals surface area contributed by atoms with E-state index in [-0.39, 0.29) is 21.8 Å². The minimum absolute atomic E-state index is 0.0714. The van der Waals surface area contributed by atoms with Gasteiger partial charge in [0.1, 0.15) is 0 Å². The molecule has 0 aliphatic carbocycles. The van der Waals surface area contributed by atoms with Crippen molar-refractivity contribution < 1.29 is 4.79 Å². The van der Waals surface area contributed by atoms with Crippen LogP contribution in [0.4, 0.5) is 0 Å². The average Bonchev–Trinajstić information content (AvgIpc) is 2.61. The molecule has 1 amide bonds. The third-order valence-electron chi connectivity index (χ3n) is 2.84. The first-order valence-corrected chi connectivity index (χ1v) is 7.04. The van der Waals surface area contributed by atoms with Gasteiger partial charge in [-0.05, 0) is 31.4 Å². The lowest BCUT2D eigenvalue weighted by atomic mass is 10.1. The lowest BCUT2D eigenvalue weighted by Crippen LogP contribution is -2.41. The van der Waals surface area contributed by atoms with Gasteiger partial charge >= 0.3 is 0 Å². The van der Waals surface area contributed by atoms with Gasteiger partial charge in [0.2, 0.25) is 5.91 Å². The van der Waals surface area contributed by atoms with Gasteiger partial charge in [0.15, 0.2) is 0 Å². The monoisotopic (exact) mass is 247 g/mol. The molecular weight excluding hydrogens is 226 g/mol. The summed E-state index contributed by atoms with van der Waals surface area (Å²) in [5.74, 6) is 1.58. The van der Waals surface area contributed by atoms with Crippen molar-refractivity contribution in [3.05, 3.63) is 0 Å². The molecule has 2 unspecified atom stereocenters. The molecule has 1 aliphatic rings. The smallest absolute Gasteiger partial charge is 0.233 e. The van der Waals surface area contributed by atoms with E-state index in [1.807, 2.05) is 25.6 Å². The standard InChI is InChI=1S/C11H21NOS2/c1-8(2)9(14)10(13)12-7-11(3)5-4-6-15-11/h8-9,14H,4-7H2,1-3H3,(H,12,13). The molecule has 0 aromatic rings. The number of hydrogen-bond donors (Lipinski definition) is 2. The maximum atomic E-state index is 11.7. The molecule has 0 saturated carbocycles. The average molecular weight is 247 g/mol. The van der Waals surface area contributed by atoms with E-state index in [0.29, 0.717) is 0 Å². The molecule has 15 heavy (non-hydrogen) atoms. The van der Waals surface area contributed by atoms with Crippen LogP contribution in [0.25, 0.3) is 0 Å². The quantitative estimate of drug-likeness (QED) is 0.747. The number of thioether (sulfide) groups is 1. The molecule has 0 aromatic heterocycles. The van der Waals surface area contributed by atoms with Gasteiger partial charge in [0.05, 0.1) is 5.25 Å². The summed E-state index contributed by atoms with van der Waals surface area (Å²) in [6.45, 7) is 7.04. The molecule has 0 spiro atoms. The van der Waals surface area contributed by atoms with Gasteiger partial charge in [-0.25, -0.2) is 0 Å². The van der Waals surface area contributed by atoms with Crippen LogP contribution in [0, 0.1) is 5.92 Å². The predicted octanol–water partition coefficient (Wildman–Crippen LogP) is 2.34. The van der Waals surface area contributed by atoms with Gasteiger partial charge in [-0.2, -0.15) is 24.4 Å². The van der Waals surface area contributed by atoms with Crippen LogP contribution in [-0.2, 0) is 4.79 Å². The molecule has 1 saturated heterocycles. The zero-order valence-corrected chi connectivity index (χ0v) is 11.5. The Morgan fingerprint density at radius 3 is 2.73 bits per heavy atom. The molecule has 0 aromatic carbocycles. The van der Waals surface area contributed by atoms with Gasteiger partial charge in [0.25, 0.3) is 0 Å². The number of rotatable bonds is 4. The Morgan fingerprint density at radius 1 is 1.60 bits per heavy atom. The number of amides is 1. The van der Waals surface area contributed by atoms with Gasteiger partial charge in [-0.15, -0.1) is 0 Å². The van der Waals surface area contributed by atoms with E-state index in [4.69, 9.17) is 0 Å². The number of thiol groups is 1. The highest BCUT2D eigenvalue weighted by molar-refractivity contribution is 8.00. The Bertz CT molecular complexity index is 225. The summed E-state index contributed by atoms with van der Waals surface area (Å²) >= 11 is 6.27. The van der Waals surface area contributed by atoms with Crippen molar-refractivity contribution in [2.45, 2.75) is 43.6 Å². The van der Waals surface area contributed by atoms with Crippen molar-refractivity contribution in [3.8, 4) is 0 Å². The fourth-order valence-corrected chi connectivity index (χ4v) is 2.99. The molecule has 88 valence electrons. The van der Waals surface area contributed by atoms with E-state index in [1.54, 1.807) is 0 Å². The first-order chi connectivity index (χ1) is 6.94. The number of hydrogen-bond acceptors (Lipinski definition) is 3. The van der Waals surface area contributed by atoms with Crippen molar-refractivity contribution in [1.29, 1.82) is 0 Å². The van der Waals surface area contributed by atoms with E-state index >= 15 is 0 Å². The first-order valence-electron chi connectivity index (χ1n) is 5.54. The summed E-state index contributed by atoms with van der Waals surface area (Å²) in [5.41, 5.74) is 0. The van der Waals surface area contributed by atoms with E-state index < -0.39 is 0 Å². The third kappa shape index (κ3) is 3.91. The van der Waals surface area contributed by atoms with Crippen molar-refractivity contribution in [3.63, 3.8) is 0 Å². The van der Waals surface area contributed by atoms with Crippen LogP contribution in [0.2, 0.25) is 0 Å². The van der Waals surface area contributed by atoms with Crippen molar-refractivity contribution in [2.24, 2.45) is 5.92 Å². The number of nitrogens with one attached hydrogen (secondary N) is 1. The van der Waals surface area contributed by atoms with Crippen molar-refractivity contribution >= 4 is 30.3 Å². The second kappa shape index (κ2) is 5.48. The summed E-state index contributed by atoms with van der Waals surface area (Å²) in [4.78, 5) is 11.7. The Labute approximate surface area is 102 Å². The molecule has 4 heteroatoms. The summed E-state index contributed by atoms with van der Waals surface area (Å²) in [6, 6.07) is 0. The SMILES string of the molecule is CC(C)C(S)C(=O)NCC1(C)CCCS1. The van der Waals surface area contributed by atoms with Crippen LogP contribution < -0.4 is 5.32 Å². The highest BCUT2D eigenvalue weighted by atomic mass is 32.2. The molecule has 0 radical (unpaired) electrons. The summed E-state index contributed by atoms with van der Waals surface area (Å²) in [6.07, 6.45) is 2.47. The summed E-state index contributed by atoms with van der Waals surface area (Å²) in [7, 11) is 0. The van der Waals surface area contributed by atoms with Gasteiger partial charge in [-0.1, -0.05) is 13.8 Å². The number of carbonyl (C=O) groups excluding carboxylic acids is 1. The first kappa shape index (κ1) is 13.2. The van der Waals surface area contributed by atoms with E-state index in [1.165, 1.54) is 18.6 Å². The molecule has 1 fully saturated rings. The van der Waals surface area contributed by atoms with Crippen LogP contribution in [0.3, 0.4) is 0 Å². The molecule has 2 nitrogen and oxygen atoms in total. The van der Waals surface area contributed by atoms with Crippen LogP contribution in [0.15, 0.2) is 0 Å². The topological polar surface area (TPSA) is 29.1 Å². The highest BCUT2D eigenvalue weighted by Crippen LogP contribution is 2.36. The molecule has 1 aliphatic heterocycles. The molecular formula is C11H21NOS2. The molecule has 0 bridgehead atoms. The minimum atomic E-state index is -0.181. The fraction of sp³-hybridized carbons (Fsp3) is 0.909. The van der Waals surface area contributed by atoms with Crippen LogP contribution in [0.5, 0.6) is 0 Å². The van der Waals surface area contributed by atoms with Crippen LogP contribution in [0.1, 0.15) is 33.6 Å². The molecule has 1 heterocycles. The van der Waals surface area contributed by atoms with Gasteiger partial charge < -0.3 is 5.32 Å². The van der Waals surface area contributed by atoms with Crippen LogP contribution >= 0.6 is 24.4 Å². The minimum Gasteiger partial charge on any atom is -0.354 e. The fourth-order valence-electron chi connectivity index (χ4n) is 1.66. The highest BCUT2D eigenvalue weighted by Gasteiger charge is 2.30. The summed E-state index contributed by atoms with van der Waals surface area (Å²) < 4.78 is 0.250. The molecule has 2 atom stereocenters. The lowest BCUT2D eigenvalue weighted by molar-refractivity contribution is -0.121. The Balaban J connectivity index is 2.33. The van der Waals surface area contributed by atoms with E-state index in [2.05, 4.69) is 24.9 Å². The van der Waals surface area contributed by atoms with Crippen molar-refractivity contribution in [2.75, 3.05) is 12.3 Å². The second-order valence-corrected chi connectivity index (χ2v) is 7.05. The zero-order chi connectivity index (χ0) is 11.5. The third-order valence-corrected chi connectivity index (χ3v) is 5.21. The predicted molar refractivity (Wildman–Crippen MR) is 70.7 cm³/mol. The molecule has 1 N–H and O–H groups in total. The van der Waals surface area contributed by atoms with E-state index in [9.17, 15) is 4.79 Å². The van der Waals surface area contributed by atoms with E-state index in [0.717, 1.165) is 6.54 Å². The maximum Gasteiger partial charge on any atom is 0.233 e. The van der Waals surface area contributed by atoms with Crippen molar-refractivity contribution in [1.82, 2.24) is 5.32 Å².